The number of ether oxygens (including phenoxy) is 1. The molecule has 2 saturated heterocycles. The number of hydrogen-bond donors (Lipinski definition) is 1. The van der Waals surface area contributed by atoms with Crippen molar-refractivity contribution < 1.29 is 26.7 Å². The first-order chi connectivity index (χ1) is 16.7. The number of piperazine rings is 1. The Morgan fingerprint density at radius 3 is 2.37 bits per heavy atom. The molecule has 1 aromatic carbocycles. The Morgan fingerprint density at radius 1 is 0.971 bits per heavy atom. The molecule has 0 aliphatic carbocycles. The molecule has 4 heterocycles. The Hall–Kier alpha value is -3.32. The molecule has 186 valence electrons. The van der Waals surface area contributed by atoms with Crippen LogP contribution < -0.4 is 10.2 Å². The molecule has 5 rings (SSSR count). The van der Waals surface area contributed by atoms with Crippen LogP contribution in [0, 0.1) is 11.6 Å². The monoisotopic (exact) mass is 495 g/mol. The molecule has 2 fully saturated rings. The summed E-state index contributed by atoms with van der Waals surface area (Å²) in [6, 6.07) is 5.07. The zero-order chi connectivity index (χ0) is 24.6. The average molecular weight is 495 g/mol. The van der Waals surface area contributed by atoms with Gasteiger partial charge in [0.05, 0.1) is 17.9 Å². The van der Waals surface area contributed by atoms with Crippen LogP contribution in [0.3, 0.4) is 0 Å². The van der Waals surface area contributed by atoms with Gasteiger partial charge in [0.25, 0.3) is 0 Å². The zero-order valence-electron chi connectivity index (χ0n) is 18.5. The minimum absolute atomic E-state index is 0.0708. The highest BCUT2D eigenvalue weighted by Crippen LogP contribution is 2.34. The van der Waals surface area contributed by atoms with Crippen LogP contribution in [0.4, 0.5) is 39.5 Å². The molecule has 0 spiro atoms. The van der Waals surface area contributed by atoms with Crippen LogP contribution in [0.1, 0.15) is 12.0 Å². The molecule has 2 aliphatic rings. The lowest BCUT2D eigenvalue weighted by Crippen LogP contribution is -2.50. The van der Waals surface area contributed by atoms with Crippen molar-refractivity contribution in [1.82, 2.24) is 24.6 Å². The number of halogens is 5. The number of nitrogens with zero attached hydrogens (tertiary/aromatic N) is 6. The van der Waals surface area contributed by atoms with Crippen LogP contribution >= 0.6 is 0 Å². The fourth-order valence-electron chi connectivity index (χ4n) is 4.26. The molecule has 2 aliphatic heterocycles. The van der Waals surface area contributed by atoms with Crippen molar-refractivity contribution in [1.29, 1.82) is 0 Å². The van der Waals surface area contributed by atoms with Crippen LogP contribution in [0.15, 0.2) is 36.7 Å². The van der Waals surface area contributed by atoms with E-state index >= 15 is 0 Å². The maximum absolute atomic E-state index is 13.6. The summed E-state index contributed by atoms with van der Waals surface area (Å²) in [4.78, 5) is 12.4. The first-order valence-corrected chi connectivity index (χ1v) is 11.1. The molecular weight excluding hydrogens is 473 g/mol. The van der Waals surface area contributed by atoms with Crippen LogP contribution in [-0.2, 0) is 10.9 Å². The molecule has 35 heavy (non-hydrogen) atoms. The quantitative estimate of drug-likeness (QED) is 0.543. The number of pyridine rings is 1. The smallest absolute Gasteiger partial charge is 0.380 e. The maximum Gasteiger partial charge on any atom is 0.416 e. The van der Waals surface area contributed by atoms with Crippen molar-refractivity contribution in [2.45, 2.75) is 18.6 Å². The largest absolute Gasteiger partial charge is 0.416 e. The second kappa shape index (κ2) is 9.38. The van der Waals surface area contributed by atoms with Crippen molar-refractivity contribution in [3.63, 3.8) is 0 Å². The van der Waals surface area contributed by atoms with Gasteiger partial charge in [-0.2, -0.15) is 18.2 Å². The highest BCUT2D eigenvalue weighted by Gasteiger charge is 2.33. The topological polar surface area (TPSA) is 71.3 Å². The van der Waals surface area contributed by atoms with Gasteiger partial charge in [-0.05, 0) is 30.7 Å². The van der Waals surface area contributed by atoms with Gasteiger partial charge in [-0.1, -0.05) is 0 Å². The molecule has 1 atom stereocenters. The number of hydrogen-bond acceptors (Lipinski definition) is 7. The Labute approximate surface area is 197 Å². The third kappa shape index (κ3) is 5.35. The Kier molecular flexibility index (Phi) is 6.28. The number of anilines is 3. The maximum atomic E-state index is 13.6. The van der Waals surface area contributed by atoms with Gasteiger partial charge in [0.2, 0.25) is 5.95 Å². The van der Waals surface area contributed by atoms with Gasteiger partial charge < -0.3 is 15.0 Å². The van der Waals surface area contributed by atoms with Gasteiger partial charge in [0.1, 0.15) is 29.6 Å². The van der Waals surface area contributed by atoms with E-state index in [4.69, 9.17) is 4.74 Å². The molecule has 0 radical (unpaired) electrons. The summed E-state index contributed by atoms with van der Waals surface area (Å²) in [7, 11) is 0. The van der Waals surface area contributed by atoms with E-state index in [1.54, 1.807) is 0 Å². The van der Waals surface area contributed by atoms with E-state index in [2.05, 4.69) is 25.3 Å². The van der Waals surface area contributed by atoms with E-state index in [9.17, 15) is 22.0 Å². The predicted molar refractivity (Wildman–Crippen MR) is 117 cm³/mol. The fraction of sp³-hybridized carbons (Fsp3) is 0.409. The van der Waals surface area contributed by atoms with Gasteiger partial charge in [-0.15, -0.1) is 5.10 Å². The molecule has 2 aromatic heterocycles. The van der Waals surface area contributed by atoms with E-state index in [0.717, 1.165) is 48.0 Å². The lowest BCUT2D eigenvalue weighted by Gasteiger charge is -2.38. The Bertz CT molecular complexity index is 1170. The van der Waals surface area contributed by atoms with Crippen molar-refractivity contribution in [2.24, 2.45) is 0 Å². The van der Waals surface area contributed by atoms with E-state index in [1.807, 2.05) is 4.90 Å². The summed E-state index contributed by atoms with van der Waals surface area (Å²) in [5.41, 5.74) is -0.783. The third-order valence-electron chi connectivity index (χ3n) is 6.04. The lowest BCUT2D eigenvalue weighted by atomic mass is 10.2. The molecule has 3 aromatic rings. The standard InChI is InChI=1S/C22H22F5N7O/c23-15-9-16(24)11-18(10-15)34-13-28-21(31-34)30-19-7-14(22(25,26)27)8-20(29-19)33-4-2-32(3-5-33)17-1-6-35-12-17/h7-11,13,17H,1-6,12H2,(H,29,30,31)/t17-/m0/s1. The SMILES string of the molecule is Fc1cc(F)cc(-n2cnc(Nc3cc(C(F)(F)F)cc(N4CCN([C@H]5CCOC5)CC4)n3)n2)c1. The summed E-state index contributed by atoms with van der Waals surface area (Å²) in [6.07, 6.45) is -2.43. The van der Waals surface area contributed by atoms with Gasteiger partial charge in [0.15, 0.2) is 0 Å². The molecule has 1 N–H and O–H groups in total. The summed E-state index contributed by atoms with van der Waals surface area (Å²) in [6.45, 7) is 3.87. The minimum Gasteiger partial charge on any atom is -0.380 e. The molecule has 0 unspecified atom stereocenters. The Morgan fingerprint density at radius 2 is 1.71 bits per heavy atom. The highest BCUT2D eigenvalue weighted by molar-refractivity contribution is 5.56. The van der Waals surface area contributed by atoms with Gasteiger partial charge in [-0.25, -0.2) is 18.4 Å². The van der Waals surface area contributed by atoms with Crippen LogP contribution in [0.5, 0.6) is 0 Å². The predicted octanol–water partition coefficient (Wildman–Crippen LogP) is 3.61. The highest BCUT2D eigenvalue weighted by atomic mass is 19.4. The third-order valence-corrected chi connectivity index (χ3v) is 6.04. The summed E-state index contributed by atoms with van der Waals surface area (Å²) >= 11 is 0. The molecule has 0 saturated carbocycles. The number of benzene rings is 1. The van der Waals surface area contributed by atoms with E-state index < -0.39 is 23.4 Å². The number of aromatic nitrogens is 4. The van der Waals surface area contributed by atoms with E-state index in [0.29, 0.717) is 38.8 Å². The molecule has 13 heteroatoms. The molecule has 0 amide bonds. The van der Waals surface area contributed by atoms with Gasteiger partial charge >= 0.3 is 6.18 Å². The first kappa shape index (κ1) is 23.4. The molecule has 8 nitrogen and oxygen atoms in total. The minimum atomic E-state index is -4.58. The lowest BCUT2D eigenvalue weighted by molar-refractivity contribution is -0.137. The molecular formula is C22H22F5N7O. The van der Waals surface area contributed by atoms with Crippen LogP contribution in [0.2, 0.25) is 0 Å². The Balaban J connectivity index is 1.36. The van der Waals surface area contributed by atoms with Crippen molar-refractivity contribution >= 4 is 17.6 Å². The summed E-state index contributed by atoms with van der Waals surface area (Å²) in [5, 5.41) is 6.73. The fourth-order valence-corrected chi connectivity index (χ4v) is 4.26. The number of alkyl halides is 3. The zero-order valence-corrected chi connectivity index (χ0v) is 18.5. The van der Waals surface area contributed by atoms with Crippen LogP contribution in [0.25, 0.3) is 5.69 Å². The van der Waals surface area contributed by atoms with E-state index in [1.165, 1.54) is 6.33 Å². The second-order valence-electron chi connectivity index (χ2n) is 8.40. The number of nitrogens with one attached hydrogen (secondary N) is 1. The second-order valence-corrected chi connectivity index (χ2v) is 8.40. The van der Waals surface area contributed by atoms with E-state index in [-0.39, 0.29) is 23.3 Å². The normalized spacial score (nSPS) is 19.3. The first-order valence-electron chi connectivity index (χ1n) is 11.1. The van der Waals surface area contributed by atoms with Gasteiger partial charge in [0, 0.05) is 44.9 Å². The summed E-state index contributed by atoms with van der Waals surface area (Å²) in [5.74, 6) is -1.57. The van der Waals surface area contributed by atoms with Crippen molar-refractivity contribution in [3.8, 4) is 5.69 Å². The van der Waals surface area contributed by atoms with Gasteiger partial charge in [-0.3, -0.25) is 4.90 Å². The summed E-state index contributed by atoms with van der Waals surface area (Å²) < 4.78 is 74.4. The van der Waals surface area contributed by atoms with Crippen molar-refractivity contribution in [2.75, 3.05) is 49.6 Å². The average Bonchev–Trinajstić information content (AvgIpc) is 3.50. The molecule has 0 bridgehead atoms. The number of rotatable bonds is 5. The van der Waals surface area contributed by atoms with Crippen molar-refractivity contribution in [3.05, 3.63) is 53.9 Å². The van der Waals surface area contributed by atoms with Crippen LogP contribution in [-0.4, -0.2) is 70.1 Å².